The number of furan rings is 1. The molecule has 0 saturated heterocycles. The summed E-state index contributed by atoms with van der Waals surface area (Å²) in [6.45, 7) is 4.67. The van der Waals surface area contributed by atoms with Crippen molar-refractivity contribution in [3.05, 3.63) is 199 Å². The summed E-state index contributed by atoms with van der Waals surface area (Å²) < 4.78 is 6.98. The molecule has 2 heteroatoms. The topological polar surface area (TPSA) is 16.4 Å². The van der Waals surface area contributed by atoms with Gasteiger partial charge in [-0.1, -0.05) is 147 Å². The molecule has 0 spiro atoms. The molecule has 252 valence electrons. The van der Waals surface area contributed by atoms with Crippen LogP contribution in [-0.2, 0) is 5.41 Å². The summed E-state index contributed by atoms with van der Waals surface area (Å²) in [5.41, 5.74) is 17.3. The molecule has 1 heterocycles. The maximum Gasteiger partial charge on any atom is 0.144 e. The molecule has 1 aliphatic carbocycles. The minimum absolute atomic E-state index is 0.132. The van der Waals surface area contributed by atoms with Crippen LogP contribution in [0, 0.1) is 0 Å². The van der Waals surface area contributed by atoms with E-state index < -0.39 is 0 Å². The molecule has 53 heavy (non-hydrogen) atoms. The van der Waals surface area contributed by atoms with Crippen molar-refractivity contribution in [2.24, 2.45) is 0 Å². The van der Waals surface area contributed by atoms with Crippen LogP contribution in [0.3, 0.4) is 0 Å². The van der Waals surface area contributed by atoms with E-state index in [4.69, 9.17) is 4.42 Å². The normalized spacial score (nSPS) is 12.9. The lowest BCUT2D eigenvalue weighted by molar-refractivity contribution is 0.653. The molecule has 2 nitrogen and oxygen atoms in total. The van der Waals surface area contributed by atoms with E-state index in [0.717, 1.165) is 44.7 Å². The van der Waals surface area contributed by atoms with Gasteiger partial charge in [0.1, 0.15) is 11.2 Å². The van der Waals surface area contributed by atoms with Crippen LogP contribution in [-0.4, -0.2) is 0 Å². The third-order valence-electron chi connectivity index (χ3n) is 11.1. The van der Waals surface area contributed by atoms with Gasteiger partial charge in [0.15, 0.2) is 0 Å². The number of hydrogen-bond donors (Lipinski definition) is 0. The smallest absolute Gasteiger partial charge is 0.144 e. The van der Waals surface area contributed by atoms with E-state index in [1.165, 1.54) is 49.9 Å². The summed E-state index contributed by atoms with van der Waals surface area (Å²) in [4.78, 5) is 2.31. The molecule has 8 aromatic carbocycles. The van der Waals surface area contributed by atoms with Crippen LogP contribution in [0.15, 0.2) is 192 Å². The van der Waals surface area contributed by atoms with Crippen molar-refractivity contribution in [1.29, 1.82) is 0 Å². The minimum atomic E-state index is -0.132. The highest BCUT2D eigenvalue weighted by atomic mass is 16.3. The molecule has 0 bridgehead atoms. The number of benzene rings is 8. The largest absolute Gasteiger partial charge is 0.455 e. The van der Waals surface area contributed by atoms with Gasteiger partial charge in [-0.25, -0.2) is 0 Å². The van der Waals surface area contributed by atoms with Crippen LogP contribution in [0.4, 0.5) is 17.1 Å². The molecule has 0 radical (unpaired) electrons. The van der Waals surface area contributed by atoms with Crippen molar-refractivity contribution in [3.63, 3.8) is 0 Å². The number of para-hydroxylation sites is 1. The zero-order valence-electron chi connectivity index (χ0n) is 29.8. The number of fused-ring (bicyclic) bond motifs is 7. The van der Waals surface area contributed by atoms with Gasteiger partial charge in [0.2, 0.25) is 0 Å². The molecule has 0 amide bonds. The SMILES string of the molecule is CC1(C)c2ccccc2-c2c1cc(-c1ccccc1)c1c2oc2cc(-c3ccc(N(c4ccccc4)c4ccc(-c5ccccc5)cc4)cc3)ccc21. The third kappa shape index (κ3) is 5.10. The predicted molar refractivity (Wildman–Crippen MR) is 222 cm³/mol. The van der Waals surface area contributed by atoms with Crippen molar-refractivity contribution in [1.82, 2.24) is 0 Å². The fraction of sp³-hybridized carbons (Fsp3) is 0.0588. The Hall–Kier alpha value is -6.64. The Morgan fingerprint density at radius 2 is 0.925 bits per heavy atom. The van der Waals surface area contributed by atoms with E-state index >= 15 is 0 Å². The van der Waals surface area contributed by atoms with Gasteiger partial charge in [-0.3, -0.25) is 0 Å². The highest BCUT2D eigenvalue weighted by molar-refractivity contribution is 6.18. The Labute approximate surface area is 310 Å². The van der Waals surface area contributed by atoms with E-state index in [0.29, 0.717) is 0 Å². The van der Waals surface area contributed by atoms with Gasteiger partial charge in [0.05, 0.1) is 0 Å². The van der Waals surface area contributed by atoms with Crippen LogP contribution >= 0.6 is 0 Å². The van der Waals surface area contributed by atoms with Gasteiger partial charge in [0.25, 0.3) is 0 Å². The number of anilines is 3. The molecule has 0 fully saturated rings. The Balaban J connectivity index is 1.07. The zero-order valence-corrected chi connectivity index (χ0v) is 29.8. The molecule has 0 saturated carbocycles. The summed E-state index contributed by atoms with van der Waals surface area (Å²) >= 11 is 0. The molecular weight excluding hydrogens is 643 g/mol. The monoisotopic (exact) mass is 679 g/mol. The number of nitrogens with zero attached hydrogens (tertiary/aromatic N) is 1. The summed E-state index contributed by atoms with van der Waals surface area (Å²) in [5, 5.41) is 2.31. The van der Waals surface area contributed by atoms with Gasteiger partial charge < -0.3 is 9.32 Å². The average Bonchev–Trinajstić information content (AvgIpc) is 3.71. The van der Waals surface area contributed by atoms with E-state index in [1.54, 1.807) is 0 Å². The van der Waals surface area contributed by atoms with E-state index in [1.807, 2.05) is 0 Å². The molecule has 1 aliphatic rings. The molecule has 0 N–H and O–H groups in total. The van der Waals surface area contributed by atoms with Gasteiger partial charge in [-0.05, 0) is 105 Å². The molecule has 0 atom stereocenters. The lowest BCUT2D eigenvalue weighted by Crippen LogP contribution is -2.15. The summed E-state index contributed by atoms with van der Waals surface area (Å²) in [6, 6.07) is 67.5. The second-order valence-electron chi connectivity index (χ2n) is 14.5. The first-order valence-corrected chi connectivity index (χ1v) is 18.3. The summed E-state index contributed by atoms with van der Waals surface area (Å²) in [5.74, 6) is 0. The Bertz CT molecular complexity index is 2760. The van der Waals surface area contributed by atoms with Gasteiger partial charge in [0, 0.05) is 38.8 Å². The molecule has 0 unspecified atom stereocenters. The van der Waals surface area contributed by atoms with Crippen molar-refractivity contribution < 1.29 is 4.42 Å². The van der Waals surface area contributed by atoms with Crippen molar-refractivity contribution in [2.45, 2.75) is 19.3 Å². The maximum atomic E-state index is 6.98. The van der Waals surface area contributed by atoms with E-state index in [-0.39, 0.29) is 5.41 Å². The first-order chi connectivity index (χ1) is 26.0. The molecular formula is C51H37NO. The highest BCUT2D eigenvalue weighted by Crippen LogP contribution is 2.55. The fourth-order valence-electron chi connectivity index (χ4n) is 8.39. The van der Waals surface area contributed by atoms with Crippen LogP contribution in [0.1, 0.15) is 25.0 Å². The average molecular weight is 680 g/mol. The maximum absolute atomic E-state index is 6.98. The lowest BCUT2D eigenvalue weighted by Gasteiger charge is -2.26. The summed E-state index contributed by atoms with van der Waals surface area (Å²) in [7, 11) is 0. The van der Waals surface area contributed by atoms with Crippen molar-refractivity contribution >= 4 is 39.0 Å². The molecule has 0 aliphatic heterocycles. The highest BCUT2D eigenvalue weighted by Gasteiger charge is 2.38. The van der Waals surface area contributed by atoms with Crippen molar-refractivity contribution in [2.75, 3.05) is 4.90 Å². The summed E-state index contributed by atoms with van der Waals surface area (Å²) in [6.07, 6.45) is 0. The quantitative estimate of drug-likeness (QED) is 0.174. The van der Waals surface area contributed by atoms with Crippen LogP contribution < -0.4 is 4.90 Å². The molecule has 9 aromatic rings. The predicted octanol–water partition coefficient (Wildman–Crippen LogP) is 14.4. The fourth-order valence-corrected chi connectivity index (χ4v) is 8.39. The van der Waals surface area contributed by atoms with Gasteiger partial charge in [-0.15, -0.1) is 0 Å². The third-order valence-corrected chi connectivity index (χ3v) is 11.1. The Morgan fingerprint density at radius 3 is 1.58 bits per heavy atom. The molecule has 1 aromatic heterocycles. The number of hydrogen-bond acceptors (Lipinski definition) is 2. The first-order valence-electron chi connectivity index (χ1n) is 18.3. The zero-order chi connectivity index (χ0) is 35.5. The van der Waals surface area contributed by atoms with Crippen molar-refractivity contribution in [3.8, 4) is 44.5 Å². The minimum Gasteiger partial charge on any atom is -0.455 e. The lowest BCUT2D eigenvalue weighted by atomic mass is 9.81. The van der Waals surface area contributed by atoms with Crippen LogP contribution in [0.25, 0.3) is 66.4 Å². The van der Waals surface area contributed by atoms with Crippen LogP contribution in [0.5, 0.6) is 0 Å². The van der Waals surface area contributed by atoms with E-state index in [2.05, 4.69) is 207 Å². The second kappa shape index (κ2) is 12.3. The molecule has 10 rings (SSSR count). The van der Waals surface area contributed by atoms with Gasteiger partial charge >= 0.3 is 0 Å². The Morgan fingerprint density at radius 1 is 0.415 bits per heavy atom. The standard InChI is InChI=1S/C51H37NO/c1-51(2)45-21-13-12-20-42(45)49-46(51)33-44(37-16-8-4-9-17-37)48-43-31-26-38(32-47(43)53-50(48)49)36-24-29-41(30-25-36)52(39-18-10-5-11-19-39)40-27-22-35(23-28-40)34-14-6-3-7-15-34/h3-33H,1-2H3. The Kier molecular flexibility index (Phi) is 7.19. The van der Waals surface area contributed by atoms with Gasteiger partial charge in [-0.2, -0.15) is 0 Å². The second-order valence-corrected chi connectivity index (χ2v) is 14.5. The van der Waals surface area contributed by atoms with Crippen LogP contribution in [0.2, 0.25) is 0 Å². The van der Waals surface area contributed by atoms with E-state index in [9.17, 15) is 0 Å². The number of rotatable bonds is 6. The first kappa shape index (κ1) is 31.1.